The van der Waals surface area contributed by atoms with Gasteiger partial charge in [-0.15, -0.1) is 0 Å². The summed E-state index contributed by atoms with van der Waals surface area (Å²) in [7, 11) is -3.35. The number of pyridine rings is 1. The number of aromatic nitrogens is 1. The van der Waals surface area contributed by atoms with Crippen molar-refractivity contribution in [3.8, 4) is 0 Å². The first-order chi connectivity index (χ1) is 10.7. The molecule has 1 aliphatic heterocycles. The quantitative estimate of drug-likeness (QED) is 0.874. The third-order valence-electron chi connectivity index (χ3n) is 4.01. The van der Waals surface area contributed by atoms with Crippen molar-refractivity contribution in [1.29, 1.82) is 0 Å². The van der Waals surface area contributed by atoms with Crippen LogP contribution in [0.3, 0.4) is 0 Å². The molecular formula is C16H20N3O2S+. The van der Waals surface area contributed by atoms with Crippen molar-refractivity contribution in [3.05, 3.63) is 60.4 Å². The van der Waals surface area contributed by atoms with Gasteiger partial charge in [0.1, 0.15) is 6.54 Å². The molecule has 2 heterocycles. The second kappa shape index (κ2) is 6.56. The van der Waals surface area contributed by atoms with Crippen molar-refractivity contribution in [3.63, 3.8) is 0 Å². The number of hydrogen-bond donors (Lipinski definition) is 1. The van der Waals surface area contributed by atoms with Gasteiger partial charge in [-0.05, 0) is 24.3 Å². The van der Waals surface area contributed by atoms with Crippen molar-refractivity contribution in [2.75, 3.05) is 26.2 Å². The number of rotatable bonds is 4. The highest BCUT2D eigenvalue weighted by atomic mass is 32.2. The summed E-state index contributed by atoms with van der Waals surface area (Å²) >= 11 is 0. The van der Waals surface area contributed by atoms with Crippen LogP contribution in [0.1, 0.15) is 5.56 Å². The highest BCUT2D eigenvalue weighted by molar-refractivity contribution is 7.89. The number of benzene rings is 1. The Labute approximate surface area is 131 Å². The summed E-state index contributed by atoms with van der Waals surface area (Å²) in [4.78, 5) is 5.81. The Morgan fingerprint density at radius 3 is 2.27 bits per heavy atom. The lowest BCUT2D eigenvalue weighted by atomic mass is 10.2. The third-order valence-corrected chi connectivity index (χ3v) is 5.93. The molecule has 2 aromatic rings. The first kappa shape index (κ1) is 15.1. The van der Waals surface area contributed by atoms with Crippen LogP contribution in [0.2, 0.25) is 0 Å². The number of nitrogens with zero attached hydrogens (tertiary/aromatic N) is 2. The molecule has 5 nitrogen and oxygen atoms in total. The van der Waals surface area contributed by atoms with Gasteiger partial charge in [0.25, 0.3) is 0 Å². The Morgan fingerprint density at radius 1 is 1.00 bits per heavy atom. The van der Waals surface area contributed by atoms with Gasteiger partial charge >= 0.3 is 0 Å². The molecule has 1 N–H and O–H groups in total. The van der Waals surface area contributed by atoms with Crippen LogP contribution in [-0.4, -0.2) is 43.9 Å². The predicted molar refractivity (Wildman–Crippen MR) is 83.8 cm³/mol. The Morgan fingerprint density at radius 2 is 1.64 bits per heavy atom. The van der Waals surface area contributed by atoms with Crippen LogP contribution in [0.25, 0.3) is 0 Å². The SMILES string of the molecule is O=S(=O)(c1ccccc1)N1CC[NH+](Cc2ccncc2)CC1. The average Bonchev–Trinajstić information content (AvgIpc) is 2.57. The van der Waals surface area contributed by atoms with E-state index in [1.165, 1.54) is 10.5 Å². The summed E-state index contributed by atoms with van der Waals surface area (Å²) in [6.07, 6.45) is 3.59. The van der Waals surface area contributed by atoms with Gasteiger partial charge in [0, 0.05) is 18.0 Å². The van der Waals surface area contributed by atoms with E-state index in [1.807, 2.05) is 18.2 Å². The topological polar surface area (TPSA) is 54.7 Å². The Bertz CT molecular complexity index is 697. The van der Waals surface area contributed by atoms with Gasteiger partial charge in [0.2, 0.25) is 10.0 Å². The minimum Gasteiger partial charge on any atom is -0.329 e. The fourth-order valence-corrected chi connectivity index (χ4v) is 4.21. The van der Waals surface area contributed by atoms with Gasteiger partial charge in [-0.2, -0.15) is 4.31 Å². The summed E-state index contributed by atoms with van der Waals surface area (Å²) in [5.41, 5.74) is 1.24. The molecule has 116 valence electrons. The second-order valence-electron chi connectivity index (χ2n) is 5.50. The highest BCUT2D eigenvalue weighted by Gasteiger charge is 2.30. The second-order valence-corrected chi connectivity index (χ2v) is 7.44. The number of quaternary nitrogens is 1. The molecule has 0 atom stereocenters. The summed E-state index contributed by atoms with van der Waals surface area (Å²) in [5, 5.41) is 0. The number of sulfonamides is 1. The average molecular weight is 318 g/mol. The maximum Gasteiger partial charge on any atom is 0.243 e. The van der Waals surface area contributed by atoms with Crippen molar-refractivity contribution in [2.24, 2.45) is 0 Å². The van der Waals surface area contributed by atoms with E-state index in [4.69, 9.17) is 0 Å². The minimum atomic E-state index is -3.35. The fraction of sp³-hybridized carbons (Fsp3) is 0.312. The zero-order valence-electron chi connectivity index (χ0n) is 12.4. The maximum absolute atomic E-state index is 12.6. The molecule has 0 saturated carbocycles. The molecule has 0 radical (unpaired) electrons. The smallest absolute Gasteiger partial charge is 0.243 e. The van der Waals surface area contributed by atoms with Crippen LogP contribution in [-0.2, 0) is 16.6 Å². The highest BCUT2D eigenvalue weighted by Crippen LogP contribution is 2.14. The largest absolute Gasteiger partial charge is 0.329 e. The molecule has 1 fully saturated rings. The van der Waals surface area contributed by atoms with Crippen LogP contribution in [0.15, 0.2) is 59.8 Å². The van der Waals surface area contributed by atoms with E-state index in [9.17, 15) is 8.42 Å². The molecule has 1 aromatic carbocycles. The van der Waals surface area contributed by atoms with Gasteiger partial charge in [0.15, 0.2) is 0 Å². The van der Waals surface area contributed by atoms with Crippen molar-refractivity contribution in [2.45, 2.75) is 11.4 Å². The molecule has 0 unspecified atom stereocenters. The lowest BCUT2D eigenvalue weighted by Crippen LogP contribution is -3.13. The molecule has 22 heavy (non-hydrogen) atoms. The van der Waals surface area contributed by atoms with E-state index in [2.05, 4.69) is 4.98 Å². The van der Waals surface area contributed by atoms with E-state index >= 15 is 0 Å². The van der Waals surface area contributed by atoms with Crippen molar-refractivity contribution >= 4 is 10.0 Å². The lowest BCUT2D eigenvalue weighted by molar-refractivity contribution is -0.917. The predicted octanol–water partition coefficient (Wildman–Crippen LogP) is 0.171. The van der Waals surface area contributed by atoms with Crippen LogP contribution >= 0.6 is 0 Å². The van der Waals surface area contributed by atoms with Crippen LogP contribution in [0.4, 0.5) is 0 Å². The molecule has 6 heteroatoms. The van der Waals surface area contributed by atoms with Crippen molar-refractivity contribution in [1.82, 2.24) is 9.29 Å². The third kappa shape index (κ3) is 3.35. The molecule has 0 aliphatic carbocycles. The summed E-state index contributed by atoms with van der Waals surface area (Å²) in [5.74, 6) is 0. The molecule has 1 aliphatic rings. The monoisotopic (exact) mass is 318 g/mol. The van der Waals surface area contributed by atoms with Crippen LogP contribution < -0.4 is 4.90 Å². The van der Waals surface area contributed by atoms with Crippen LogP contribution in [0.5, 0.6) is 0 Å². The minimum absolute atomic E-state index is 0.382. The van der Waals surface area contributed by atoms with Crippen molar-refractivity contribution < 1.29 is 13.3 Å². The molecule has 1 aromatic heterocycles. The van der Waals surface area contributed by atoms with Gasteiger partial charge in [-0.3, -0.25) is 4.98 Å². The lowest BCUT2D eigenvalue weighted by Gasteiger charge is -2.31. The summed E-state index contributed by atoms with van der Waals surface area (Å²) < 4.78 is 26.7. The van der Waals surface area contributed by atoms with E-state index < -0.39 is 10.0 Å². The molecule has 3 rings (SSSR count). The standard InChI is InChI=1S/C16H19N3O2S/c20-22(21,16-4-2-1-3-5-16)19-12-10-18(11-13-19)14-15-6-8-17-9-7-15/h1-9H,10-14H2/p+1. The van der Waals surface area contributed by atoms with Gasteiger partial charge in [-0.25, -0.2) is 8.42 Å². The van der Waals surface area contributed by atoms with E-state index in [-0.39, 0.29) is 0 Å². The van der Waals surface area contributed by atoms with Gasteiger partial charge in [-0.1, -0.05) is 18.2 Å². The normalized spacial score (nSPS) is 17.5. The molecule has 0 amide bonds. The van der Waals surface area contributed by atoms with Gasteiger partial charge < -0.3 is 4.90 Å². The molecule has 0 spiro atoms. The number of nitrogens with one attached hydrogen (secondary N) is 1. The Kier molecular flexibility index (Phi) is 4.52. The van der Waals surface area contributed by atoms with E-state index in [1.54, 1.807) is 41.0 Å². The Balaban J connectivity index is 1.62. The molecule has 0 bridgehead atoms. The summed E-state index contributed by atoms with van der Waals surface area (Å²) in [6, 6.07) is 12.7. The van der Waals surface area contributed by atoms with E-state index in [0.717, 1.165) is 19.6 Å². The molecule has 1 saturated heterocycles. The fourth-order valence-electron chi connectivity index (χ4n) is 2.75. The number of piperazine rings is 1. The zero-order valence-corrected chi connectivity index (χ0v) is 13.2. The molecular weight excluding hydrogens is 298 g/mol. The number of hydrogen-bond acceptors (Lipinski definition) is 3. The zero-order chi connectivity index (χ0) is 15.4. The summed E-state index contributed by atoms with van der Waals surface area (Å²) in [6.45, 7) is 3.71. The first-order valence-electron chi connectivity index (χ1n) is 7.44. The Hall–Kier alpha value is -1.76. The van der Waals surface area contributed by atoms with Gasteiger partial charge in [0.05, 0.1) is 31.1 Å². The van der Waals surface area contributed by atoms with Crippen LogP contribution in [0, 0.1) is 0 Å². The van der Waals surface area contributed by atoms with E-state index in [0.29, 0.717) is 18.0 Å². The first-order valence-corrected chi connectivity index (χ1v) is 8.88. The maximum atomic E-state index is 12.6.